The monoisotopic (exact) mass is 595 g/mol. The first kappa shape index (κ1) is 36.1. The second-order valence-corrected chi connectivity index (χ2v) is 10.5. The lowest BCUT2D eigenvalue weighted by Crippen LogP contribution is -2.57. The van der Waals surface area contributed by atoms with Crippen LogP contribution in [-0.2, 0) is 43.0 Å². The van der Waals surface area contributed by atoms with Crippen molar-refractivity contribution in [1.29, 1.82) is 0 Å². The summed E-state index contributed by atoms with van der Waals surface area (Å²) in [5.74, 6) is -4.02. The van der Waals surface area contributed by atoms with Crippen molar-refractivity contribution in [2.75, 3.05) is 20.3 Å². The van der Waals surface area contributed by atoms with Crippen LogP contribution in [0.1, 0.15) is 72.6 Å². The van der Waals surface area contributed by atoms with Crippen molar-refractivity contribution in [1.82, 2.24) is 20.9 Å². The topological polar surface area (TPSA) is 203 Å². The molecule has 42 heavy (non-hydrogen) atoms. The van der Waals surface area contributed by atoms with Gasteiger partial charge in [0.25, 0.3) is 0 Å². The third kappa shape index (κ3) is 12.7. The molecule has 14 nitrogen and oxygen atoms in total. The number of esters is 2. The average molecular weight is 596 g/mol. The number of carbonyl (C=O) groups is 7. The number of hydrogen-bond acceptors (Lipinski definition) is 9. The minimum absolute atomic E-state index is 0.0846. The summed E-state index contributed by atoms with van der Waals surface area (Å²) in [5, 5.41) is 7.81. The fourth-order valence-electron chi connectivity index (χ4n) is 4.56. The molecule has 4 atom stereocenters. The van der Waals surface area contributed by atoms with Crippen LogP contribution in [0.5, 0.6) is 0 Å². The Morgan fingerprint density at radius 1 is 1.00 bits per heavy atom. The van der Waals surface area contributed by atoms with Crippen molar-refractivity contribution in [2.24, 2.45) is 11.7 Å². The number of nitrogens with two attached hydrogens (primary N) is 1. The van der Waals surface area contributed by atoms with E-state index in [-0.39, 0.29) is 44.8 Å². The molecular weight excluding hydrogens is 550 g/mol. The Hall–Kier alpha value is -3.97. The smallest absolute Gasteiger partial charge is 0.330 e. The molecule has 0 radical (unpaired) electrons. The number of methoxy groups -OCH3 is 1. The summed E-state index contributed by atoms with van der Waals surface area (Å²) < 4.78 is 9.62. The summed E-state index contributed by atoms with van der Waals surface area (Å²) in [6, 6.07) is -4.05. The molecule has 0 spiro atoms. The number of nitrogens with zero attached hydrogens (tertiary/aromatic N) is 1. The molecule has 1 heterocycles. The fraction of sp³-hybridized carbons (Fsp3) is 0.679. The van der Waals surface area contributed by atoms with Crippen LogP contribution < -0.4 is 21.7 Å². The van der Waals surface area contributed by atoms with Crippen LogP contribution in [0, 0.1) is 5.92 Å². The summed E-state index contributed by atoms with van der Waals surface area (Å²) in [4.78, 5) is 88.4. The Morgan fingerprint density at radius 2 is 1.69 bits per heavy atom. The predicted molar refractivity (Wildman–Crippen MR) is 151 cm³/mol. The van der Waals surface area contributed by atoms with Crippen LogP contribution in [0.2, 0.25) is 0 Å². The molecule has 0 aliphatic carbocycles. The van der Waals surface area contributed by atoms with E-state index in [0.717, 1.165) is 0 Å². The Bertz CT molecular complexity index is 1010. The van der Waals surface area contributed by atoms with E-state index in [1.54, 1.807) is 6.92 Å². The second-order valence-electron chi connectivity index (χ2n) is 10.5. The molecular formula is C28H45N5O9. The first-order chi connectivity index (χ1) is 19.8. The number of rotatable bonds is 17. The summed E-state index contributed by atoms with van der Waals surface area (Å²) in [7, 11) is 1.23. The van der Waals surface area contributed by atoms with Gasteiger partial charge in [-0.05, 0) is 51.4 Å². The lowest BCUT2D eigenvalue weighted by molar-refractivity contribution is -0.147. The number of primary amides is 1. The van der Waals surface area contributed by atoms with E-state index in [4.69, 9.17) is 15.2 Å². The predicted octanol–water partition coefficient (Wildman–Crippen LogP) is -0.164. The zero-order valence-corrected chi connectivity index (χ0v) is 25.1. The van der Waals surface area contributed by atoms with Gasteiger partial charge in [0, 0.05) is 26.0 Å². The van der Waals surface area contributed by atoms with Crippen molar-refractivity contribution in [3.8, 4) is 0 Å². The Kier molecular flexibility index (Phi) is 15.8. The third-order valence-corrected chi connectivity index (χ3v) is 6.50. The van der Waals surface area contributed by atoms with E-state index in [1.807, 2.05) is 13.8 Å². The van der Waals surface area contributed by atoms with E-state index in [2.05, 4.69) is 16.0 Å². The van der Waals surface area contributed by atoms with Gasteiger partial charge in [-0.15, -0.1) is 0 Å². The normalized spacial score (nSPS) is 16.8. The molecule has 0 aromatic rings. The molecule has 5 N–H and O–H groups in total. The molecule has 236 valence electrons. The molecule has 14 heteroatoms. The van der Waals surface area contributed by atoms with Crippen molar-refractivity contribution < 1.29 is 43.0 Å². The van der Waals surface area contributed by atoms with E-state index in [0.29, 0.717) is 19.3 Å². The molecule has 1 aliphatic heterocycles. The molecule has 1 saturated heterocycles. The maximum atomic E-state index is 13.6. The van der Waals surface area contributed by atoms with Crippen molar-refractivity contribution in [2.45, 2.75) is 96.8 Å². The summed E-state index contributed by atoms with van der Waals surface area (Å²) in [6.07, 6.45) is 3.92. The molecule has 0 saturated carbocycles. The number of carbonyl (C=O) groups excluding carboxylic acids is 7. The Balaban J connectivity index is 3.08. The van der Waals surface area contributed by atoms with Gasteiger partial charge in [-0.25, -0.2) is 9.59 Å². The highest BCUT2D eigenvalue weighted by molar-refractivity contribution is 5.95. The fourth-order valence-corrected chi connectivity index (χ4v) is 4.56. The molecule has 1 aliphatic rings. The van der Waals surface area contributed by atoms with E-state index in [9.17, 15) is 33.6 Å². The van der Waals surface area contributed by atoms with E-state index < -0.39 is 65.6 Å². The molecule has 0 unspecified atom stereocenters. The Labute approximate surface area is 246 Å². The number of amides is 5. The first-order valence-corrected chi connectivity index (χ1v) is 14.2. The first-order valence-electron chi connectivity index (χ1n) is 14.2. The summed E-state index contributed by atoms with van der Waals surface area (Å²) >= 11 is 0. The van der Waals surface area contributed by atoms with Crippen LogP contribution in [-0.4, -0.2) is 90.8 Å². The lowest BCUT2D eigenvalue weighted by atomic mass is 10.0. The highest BCUT2D eigenvalue weighted by atomic mass is 16.5. The van der Waals surface area contributed by atoms with Gasteiger partial charge < -0.3 is 36.1 Å². The van der Waals surface area contributed by atoms with Gasteiger partial charge >= 0.3 is 11.9 Å². The second kappa shape index (κ2) is 18.5. The quantitative estimate of drug-likeness (QED) is 0.130. The van der Waals surface area contributed by atoms with Gasteiger partial charge in [0.15, 0.2) is 0 Å². The van der Waals surface area contributed by atoms with E-state index in [1.165, 1.54) is 31.1 Å². The third-order valence-electron chi connectivity index (χ3n) is 6.50. The van der Waals surface area contributed by atoms with E-state index >= 15 is 0 Å². The van der Waals surface area contributed by atoms with Crippen LogP contribution >= 0.6 is 0 Å². The molecule has 1 fully saturated rings. The number of hydrogen-bond donors (Lipinski definition) is 4. The van der Waals surface area contributed by atoms with Crippen LogP contribution in [0.25, 0.3) is 0 Å². The van der Waals surface area contributed by atoms with Gasteiger partial charge in [0.1, 0.15) is 24.2 Å². The minimum atomic E-state index is -1.21. The van der Waals surface area contributed by atoms with Gasteiger partial charge in [-0.1, -0.05) is 19.9 Å². The van der Waals surface area contributed by atoms with Crippen molar-refractivity contribution in [3.63, 3.8) is 0 Å². The zero-order chi connectivity index (χ0) is 31.8. The maximum absolute atomic E-state index is 13.6. The molecule has 1 rings (SSSR count). The highest BCUT2D eigenvalue weighted by Crippen LogP contribution is 2.21. The SMILES string of the molecule is CCOC(=O)C=CCC[C@H](NC(C)=O)C(=O)N[C@@H](CCC(N)=O)C(=O)N1CCC[C@H]1C(=O)N[C@@H](CC(C)C)C(=O)OC. The number of allylic oxidation sites excluding steroid dienone is 1. The maximum Gasteiger partial charge on any atom is 0.330 e. The largest absolute Gasteiger partial charge is 0.467 e. The minimum Gasteiger partial charge on any atom is -0.467 e. The number of ether oxygens (including phenoxy) is 2. The zero-order valence-electron chi connectivity index (χ0n) is 25.1. The standard InChI is InChI=1S/C28H45N5O9/c1-6-42-24(36)12-8-7-10-19(30-18(4)34)25(37)31-20(13-14-23(29)35)27(39)33-15-9-11-22(33)26(38)32-21(16-17(2)3)28(40)41-5/h8,12,17,19-22H,6-7,9-11,13-16H2,1-5H3,(H2,29,35)(H,30,34)(H,31,37)(H,32,38)/t19-,20-,21-,22-/m0/s1. The Morgan fingerprint density at radius 3 is 2.26 bits per heavy atom. The van der Waals surface area contributed by atoms with Crippen LogP contribution in [0.3, 0.4) is 0 Å². The molecule has 0 aromatic heterocycles. The van der Waals surface area contributed by atoms with Crippen LogP contribution in [0.4, 0.5) is 0 Å². The number of nitrogens with one attached hydrogen (secondary N) is 3. The van der Waals surface area contributed by atoms with Gasteiger partial charge in [-0.2, -0.15) is 0 Å². The molecule has 5 amide bonds. The lowest BCUT2D eigenvalue weighted by Gasteiger charge is -2.30. The van der Waals surface area contributed by atoms with Crippen molar-refractivity contribution >= 4 is 41.5 Å². The van der Waals surface area contributed by atoms with Gasteiger partial charge in [0.2, 0.25) is 29.5 Å². The molecule has 0 aromatic carbocycles. The van der Waals surface area contributed by atoms with Gasteiger partial charge in [0.05, 0.1) is 13.7 Å². The number of likely N-dealkylation sites (tertiary alicyclic amines) is 1. The summed E-state index contributed by atoms with van der Waals surface area (Å²) in [6.45, 7) is 7.13. The molecule has 0 bridgehead atoms. The van der Waals surface area contributed by atoms with Gasteiger partial charge in [-0.3, -0.25) is 24.0 Å². The summed E-state index contributed by atoms with van der Waals surface area (Å²) in [5.41, 5.74) is 5.30. The highest BCUT2D eigenvalue weighted by Gasteiger charge is 2.39. The van der Waals surface area contributed by atoms with Crippen LogP contribution in [0.15, 0.2) is 12.2 Å². The average Bonchev–Trinajstić information content (AvgIpc) is 3.41. The van der Waals surface area contributed by atoms with Crippen molar-refractivity contribution in [3.05, 3.63) is 12.2 Å².